The van der Waals surface area contributed by atoms with Gasteiger partial charge in [0.2, 0.25) is 5.91 Å². The van der Waals surface area contributed by atoms with Crippen molar-refractivity contribution in [1.29, 1.82) is 0 Å². The van der Waals surface area contributed by atoms with E-state index in [0.29, 0.717) is 11.6 Å². The Bertz CT molecular complexity index is 1210. The smallest absolute Gasteiger partial charge is 0.325 e. The number of amides is 1. The summed E-state index contributed by atoms with van der Waals surface area (Å²) in [5.41, 5.74) is 1.45. The first-order chi connectivity index (χ1) is 15.8. The molecule has 6 nitrogen and oxygen atoms in total. The van der Waals surface area contributed by atoms with Gasteiger partial charge in [0.25, 0.3) is 0 Å². The molecular weight excluding hydrogens is 453 g/mol. The van der Waals surface area contributed by atoms with Crippen LogP contribution in [0.15, 0.2) is 58.5 Å². The second kappa shape index (κ2) is 9.78. The number of alkyl halides is 3. The second-order valence-electron chi connectivity index (χ2n) is 7.65. The summed E-state index contributed by atoms with van der Waals surface area (Å²) in [4.78, 5) is 33.7. The van der Waals surface area contributed by atoms with Gasteiger partial charge in [-0.2, -0.15) is 18.2 Å². The van der Waals surface area contributed by atoms with Crippen molar-refractivity contribution in [3.63, 3.8) is 0 Å². The number of nitrogens with one attached hydrogen (secondary N) is 1. The van der Waals surface area contributed by atoms with E-state index in [1.807, 2.05) is 18.2 Å². The zero-order valence-corrected chi connectivity index (χ0v) is 18.4. The predicted molar refractivity (Wildman–Crippen MR) is 119 cm³/mol. The molecule has 10 heteroatoms. The largest absolute Gasteiger partial charge is 0.416 e. The fourth-order valence-corrected chi connectivity index (χ4v) is 4.66. The average molecular weight is 475 g/mol. The summed E-state index contributed by atoms with van der Waals surface area (Å²) in [6, 6.07) is 10.00. The fraction of sp³-hybridized carbons (Fsp3) is 0.304. The first-order valence-electron chi connectivity index (χ1n) is 10.4. The number of hydrogen-bond acceptors (Lipinski definition) is 5. The number of anilines is 1. The van der Waals surface area contributed by atoms with E-state index in [2.05, 4.69) is 15.3 Å². The molecule has 2 heterocycles. The van der Waals surface area contributed by atoms with Crippen LogP contribution < -0.4 is 11.0 Å². The zero-order chi connectivity index (χ0) is 23.4. The van der Waals surface area contributed by atoms with Gasteiger partial charge in [-0.15, -0.1) is 0 Å². The van der Waals surface area contributed by atoms with Crippen molar-refractivity contribution in [2.24, 2.45) is 0 Å². The molecule has 0 radical (unpaired) electrons. The first kappa shape index (κ1) is 23.0. The van der Waals surface area contributed by atoms with Crippen LogP contribution in [0.2, 0.25) is 0 Å². The van der Waals surface area contributed by atoms with Gasteiger partial charge in [0.05, 0.1) is 23.6 Å². The summed E-state index contributed by atoms with van der Waals surface area (Å²) in [6.45, 7) is 0.329. The molecule has 0 fully saturated rings. The molecule has 33 heavy (non-hydrogen) atoms. The lowest BCUT2D eigenvalue weighted by molar-refractivity contribution is -0.137. The van der Waals surface area contributed by atoms with Crippen LogP contribution in [0.4, 0.5) is 18.9 Å². The Morgan fingerprint density at radius 2 is 1.94 bits per heavy atom. The lowest BCUT2D eigenvalue weighted by atomic mass is 9.97. The van der Waals surface area contributed by atoms with Crippen molar-refractivity contribution in [2.75, 3.05) is 11.1 Å². The molecule has 3 aromatic rings. The van der Waals surface area contributed by atoms with Crippen molar-refractivity contribution >= 4 is 23.4 Å². The molecule has 0 bridgehead atoms. The number of halogens is 3. The normalized spacial score (nSPS) is 13.4. The Morgan fingerprint density at radius 1 is 1.12 bits per heavy atom. The average Bonchev–Trinajstić information content (AvgIpc) is 2.80. The number of rotatable bonds is 6. The third kappa shape index (κ3) is 5.62. The molecule has 1 aromatic carbocycles. The SMILES string of the molecule is O=C(CSc1nc(=O)n(Cc2ccccn2)c2c1CCCC2)Nc1cccc(C(F)(F)F)c1. The monoisotopic (exact) mass is 474 g/mol. The summed E-state index contributed by atoms with van der Waals surface area (Å²) < 4.78 is 40.3. The highest BCUT2D eigenvalue weighted by Crippen LogP contribution is 2.31. The van der Waals surface area contributed by atoms with Gasteiger partial charge in [0, 0.05) is 23.1 Å². The predicted octanol–water partition coefficient (Wildman–Crippen LogP) is 4.32. The maximum absolute atomic E-state index is 12.9. The lowest BCUT2D eigenvalue weighted by Crippen LogP contribution is -2.31. The number of hydrogen-bond donors (Lipinski definition) is 1. The van der Waals surface area contributed by atoms with Crippen molar-refractivity contribution in [2.45, 2.75) is 43.4 Å². The Labute approximate surface area is 192 Å². The van der Waals surface area contributed by atoms with E-state index in [9.17, 15) is 22.8 Å². The second-order valence-corrected chi connectivity index (χ2v) is 8.62. The summed E-state index contributed by atoms with van der Waals surface area (Å²) in [7, 11) is 0. The third-order valence-corrected chi connectivity index (χ3v) is 6.33. The summed E-state index contributed by atoms with van der Waals surface area (Å²) >= 11 is 1.13. The molecule has 0 atom stereocenters. The van der Waals surface area contributed by atoms with Gasteiger partial charge in [0.15, 0.2) is 0 Å². The lowest BCUT2D eigenvalue weighted by Gasteiger charge is -2.22. The van der Waals surface area contributed by atoms with Crippen LogP contribution in [-0.4, -0.2) is 26.2 Å². The zero-order valence-electron chi connectivity index (χ0n) is 17.6. The van der Waals surface area contributed by atoms with Gasteiger partial charge >= 0.3 is 11.9 Å². The van der Waals surface area contributed by atoms with E-state index in [0.717, 1.165) is 66.5 Å². The maximum Gasteiger partial charge on any atom is 0.416 e. The van der Waals surface area contributed by atoms with Gasteiger partial charge < -0.3 is 5.32 Å². The van der Waals surface area contributed by atoms with Gasteiger partial charge in [-0.1, -0.05) is 23.9 Å². The molecule has 172 valence electrons. The number of nitrogens with zero attached hydrogens (tertiary/aromatic N) is 3. The molecule has 1 amide bonds. The number of pyridine rings is 1. The van der Waals surface area contributed by atoms with Gasteiger partial charge in [-0.3, -0.25) is 14.3 Å². The Hall–Kier alpha value is -3.14. The Morgan fingerprint density at radius 3 is 2.70 bits per heavy atom. The molecule has 0 unspecified atom stereocenters. The van der Waals surface area contributed by atoms with E-state index in [1.165, 1.54) is 12.1 Å². The van der Waals surface area contributed by atoms with Crippen LogP contribution in [0.5, 0.6) is 0 Å². The highest BCUT2D eigenvalue weighted by atomic mass is 32.2. The first-order valence-corrected chi connectivity index (χ1v) is 11.4. The highest BCUT2D eigenvalue weighted by molar-refractivity contribution is 8.00. The van der Waals surface area contributed by atoms with Crippen molar-refractivity contribution in [1.82, 2.24) is 14.5 Å². The summed E-state index contributed by atoms with van der Waals surface area (Å²) in [5, 5.41) is 2.99. The maximum atomic E-state index is 12.9. The standard InChI is InChI=1S/C23H21F3N4O2S/c24-23(25,26)15-6-5-8-16(12-15)28-20(31)14-33-21-18-9-1-2-10-19(18)30(22(32)29-21)13-17-7-3-4-11-27-17/h3-8,11-12H,1-2,9-10,13-14H2,(H,28,31). The molecule has 2 aromatic heterocycles. The fourth-order valence-electron chi connectivity index (χ4n) is 3.79. The third-order valence-electron chi connectivity index (χ3n) is 5.31. The minimum atomic E-state index is -4.49. The van der Waals surface area contributed by atoms with Crippen LogP contribution in [0.25, 0.3) is 0 Å². The topological polar surface area (TPSA) is 76.9 Å². The Kier molecular flexibility index (Phi) is 6.83. The molecule has 1 aliphatic carbocycles. The molecule has 0 saturated heterocycles. The molecule has 0 aliphatic heterocycles. The van der Waals surface area contributed by atoms with Gasteiger partial charge in [0.1, 0.15) is 5.03 Å². The van der Waals surface area contributed by atoms with Crippen molar-refractivity contribution in [3.05, 3.63) is 81.7 Å². The molecule has 4 rings (SSSR count). The van der Waals surface area contributed by atoms with Crippen LogP contribution in [0.3, 0.4) is 0 Å². The van der Waals surface area contributed by atoms with E-state index < -0.39 is 23.3 Å². The number of fused-ring (bicyclic) bond motifs is 1. The molecule has 1 N–H and O–H groups in total. The molecule has 0 spiro atoms. The minimum Gasteiger partial charge on any atom is -0.325 e. The summed E-state index contributed by atoms with van der Waals surface area (Å²) in [5.74, 6) is -0.539. The van der Waals surface area contributed by atoms with Crippen molar-refractivity contribution < 1.29 is 18.0 Å². The summed E-state index contributed by atoms with van der Waals surface area (Å²) in [6.07, 6.45) is 0.594. The number of thioether (sulfide) groups is 1. The molecule has 0 saturated carbocycles. The van der Waals surface area contributed by atoms with E-state index in [1.54, 1.807) is 10.8 Å². The minimum absolute atomic E-state index is 0.0659. The van der Waals surface area contributed by atoms with Crippen molar-refractivity contribution in [3.8, 4) is 0 Å². The molecular formula is C23H21F3N4O2S. The van der Waals surface area contributed by atoms with Crippen LogP contribution >= 0.6 is 11.8 Å². The highest BCUT2D eigenvalue weighted by Gasteiger charge is 2.30. The number of carbonyl (C=O) groups excluding carboxylic acids is 1. The van der Waals surface area contributed by atoms with Gasteiger partial charge in [-0.25, -0.2) is 4.79 Å². The van der Waals surface area contributed by atoms with Crippen LogP contribution in [0.1, 0.15) is 35.4 Å². The number of benzene rings is 1. The van der Waals surface area contributed by atoms with E-state index >= 15 is 0 Å². The number of carbonyl (C=O) groups is 1. The molecule has 1 aliphatic rings. The van der Waals surface area contributed by atoms with Gasteiger partial charge in [-0.05, 0) is 56.0 Å². The Balaban J connectivity index is 1.50. The number of aromatic nitrogens is 3. The van der Waals surface area contributed by atoms with Crippen LogP contribution in [-0.2, 0) is 30.4 Å². The van der Waals surface area contributed by atoms with E-state index in [4.69, 9.17) is 0 Å². The van der Waals surface area contributed by atoms with E-state index in [-0.39, 0.29) is 11.4 Å². The quantitative estimate of drug-likeness (QED) is 0.426. The van der Waals surface area contributed by atoms with Crippen LogP contribution in [0, 0.1) is 0 Å².